The Hall–Kier alpha value is -2.18. The molecular formula is C20H22ClN3O2S. The Bertz CT molecular complexity index is 805. The summed E-state index contributed by atoms with van der Waals surface area (Å²) in [4.78, 5) is 15.3. The molecule has 1 heterocycles. The average molecular weight is 404 g/mol. The number of thioether (sulfide) groups is 1. The number of nitrogens with one attached hydrogen (secondary N) is 1. The minimum Gasteiger partial charge on any atom is -0.496 e. The van der Waals surface area contributed by atoms with Crippen LogP contribution in [-0.4, -0.2) is 38.1 Å². The smallest absolute Gasteiger partial charge is 0.250 e. The zero-order valence-electron chi connectivity index (χ0n) is 15.2. The second-order valence-electron chi connectivity index (χ2n) is 6.16. The van der Waals surface area contributed by atoms with Crippen molar-refractivity contribution >= 4 is 41.2 Å². The van der Waals surface area contributed by atoms with Gasteiger partial charge in [-0.05, 0) is 49.2 Å². The van der Waals surface area contributed by atoms with E-state index in [1.807, 2.05) is 24.3 Å². The third-order valence-electron chi connectivity index (χ3n) is 4.26. The highest BCUT2D eigenvalue weighted by Gasteiger charge is 2.14. The number of hydrogen-bond donors (Lipinski definition) is 1. The molecule has 2 aromatic carbocycles. The van der Waals surface area contributed by atoms with Crippen LogP contribution in [0.2, 0.25) is 5.02 Å². The molecule has 0 aromatic heterocycles. The molecule has 0 unspecified atom stereocenters. The second-order valence-corrected chi connectivity index (χ2v) is 7.64. The molecular weight excluding hydrogens is 382 g/mol. The first kappa shape index (κ1) is 19.6. The Labute approximate surface area is 168 Å². The van der Waals surface area contributed by atoms with Crippen LogP contribution in [0.4, 0.5) is 5.69 Å². The number of anilines is 1. The van der Waals surface area contributed by atoms with Gasteiger partial charge in [0.05, 0.1) is 19.1 Å². The van der Waals surface area contributed by atoms with Crippen LogP contribution in [0.15, 0.2) is 52.5 Å². The minimum absolute atomic E-state index is 0.168. The topological polar surface area (TPSA) is 53.9 Å². The molecule has 1 N–H and O–H groups in total. The van der Waals surface area contributed by atoms with E-state index in [9.17, 15) is 4.79 Å². The van der Waals surface area contributed by atoms with Crippen LogP contribution >= 0.6 is 23.4 Å². The Morgan fingerprint density at radius 3 is 2.70 bits per heavy atom. The molecule has 1 amide bonds. The molecule has 1 aliphatic heterocycles. The van der Waals surface area contributed by atoms with Gasteiger partial charge in [0, 0.05) is 40.3 Å². The Balaban J connectivity index is 1.53. The van der Waals surface area contributed by atoms with Gasteiger partial charge in [0.15, 0.2) is 0 Å². The lowest BCUT2D eigenvalue weighted by atomic mass is 10.2. The number of nitrogens with zero attached hydrogens (tertiary/aromatic N) is 2. The van der Waals surface area contributed by atoms with Gasteiger partial charge in [-0.3, -0.25) is 4.79 Å². The minimum atomic E-state index is -0.168. The van der Waals surface area contributed by atoms with E-state index in [-0.39, 0.29) is 11.7 Å². The normalized spacial score (nSPS) is 13.9. The van der Waals surface area contributed by atoms with Gasteiger partial charge < -0.3 is 9.64 Å². The van der Waals surface area contributed by atoms with Crippen molar-refractivity contribution in [1.29, 1.82) is 0 Å². The fraction of sp³-hybridized carbons (Fsp3) is 0.300. The highest BCUT2D eigenvalue weighted by atomic mass is 35.5. The summed E-state index contributed by atoms with van der Waals surface area (Å²) in [6, 6.07) is 13.4. The van der Waals surface area contributed by atoms with Crippen molar-refractivity contribution < 1.29 is 9.53 Å². The first-order chi connectivity index (χ1) is 13.2. The SMILES string of the molecule is COc1cc(N2CCCC2)ccc1/C=N\NC(=O)CSc1ccc(Cl)cc1. The van der Waals surface area contributed by atoms with E-state index < -0.39 is 0 Å². The van der Waals surface area contributed by atoms with Gasteiger partial charge in [-0.25, -0.2) is 5.43 Å². The Morgan fingerprint density at radius 2 is 2.00 bits per heavy atom. The molecule has 0 spiro atoms. The number of carbonyl (C=O) groups excluding carboxylic acids is 1. The van der Waals surface area contributed by atoms with E-state index in [1.54, 1.807) is 25.5 Å². The maximum absolute atomic E-state index is 11.9. The number of benzene rings is 2. The van der Waals surface area contributed by atoms with E-state index >= 15 is 0 Å². The zero-order chi connectivity index (χ0) is 19.1. The van der Waals surface area contributed by atoms with Crippen molar-refractivity contribution in [2.75, 3.05) is 30.9 Å². The van der Waals surface area contributed by atoms with Crippen molar-refractivity contribution in [2.24, 2.45) is 5.10 Å². The molecule has 0 radical (unpaired) electrons. The highest BCUT2D eigenvalue weighted by Crippen LogP contribution is 2.27. The van der Waals surface area contributed by atoms with Crippen molar-refractivity contribution in [3.8, 4) is 5.75 Å². The number of methoxy groups -OCH3 is 1. The molecule has 1 saturated heterocycles. The van der Waals surface area contributed by atoms with Crippen LogP contribution in [0.1, 0.15) is 18.4 Å². The molecule has 5 nitrogen and oxygen atoms in total. The van der Waals surface area contributed by atoms with Gasteiger partial charge in [-0.1, -0.05) is 11.6 Å². The van der Waals surface area contributed by atoms with Gasteiger partial charge >= 0.3 is 0 Å². The third-order valence-corrected chi connectivity index (χ3v) is 5.53. The van der Waals surface area contributed by atoms with Crippen LogP contribution in [-0.2, 0) is 4.79 Å². The molecule has 142 valence electrons. The molecule has 27 heavy (non-hydrogen) atoms. The maximum atomic E-state index is 11.9. The summed E-state index contributed by atoms with van der Waals surface area (Å²) in [7, 11) is 1.64. The second kappa shape index (κ2) is 9.67. The number of hydrazone groups is 1. The predicted octanol–water partition coefficient (Wildman–Crippen LogP) is 4.19. The Kier molecular flexibility index (Phi) is 7.01. The lowest BCUT2D eigenvalue weighted by Crippen LogP contribution is -2.19. The van der Waals surface area contributed by atoms with Crippen LogP contribution in [0, 0.1) is 0 Å². The Morgan fingerprint density at radius 1 is 1.26 bits per heavy atom. The average Bonchev–Trinajstić information content (AvgIpc) is 3.22. The van der Waals surface area contributed by atoms with Crippen molar-refractivity contribution in [2.45, 2.75) is 17.7 Å². The molecule has 0 aliphatic carbocycles. The molecule has 0 bridgehead atoms. The van der Waals surface area contributed by atoms with Crippen LogP contribution in [0.25, 0.3) is 0 Å². The number of halogens is 1. The van der Waals surface area contributed by atoms with E-state index in [4.69, 9.17) is 16.3 Å². The molecule has 0 saturated carbocycles. The standard InChI is InChI=1S/C20H22ClN3O2S/c1-26-19-12-17(24-10-2-3-11-24)7-4-15(19)13-22-23-20(25)14-27-18-8-5-16(21)6-9-18/h4-9,12-13H,2-3,10-11,14H2,1H3,(H,23,25)/b22-13-. The lowest BCUT2D eigenvalue weighted by molar-refractivity contribution is -0.118. The van der Waals surface area contributed by atoms with E-state index in [0.29, 0.717) is 5.02 Å². The van der Waals surface area contributed by atoms with Crippen molar-refractivity contribution in [1.82, 2.24) is 5.43 Å². The summed E-state index contributed by atoms with van der Waals surface area (Å²) in [5.74, 6) is 0.857. The third kappa shape index (κ3) is 5.65. The van der Waals surface area contributed by atoms with Gasteiger partial charge in [0.1, 0.15) is 5.75 Å². The number of rotatable bonds is 7. The summed E-state index contributed by atoms with van der Waals surface area (Å²) >= 11 is 7.28. The van der Waals surface area contributed by atoms with E-state index in [2.05, 4.69) is 21.5 Å². The quantitative estimate of drug-likeness (QED) is 0.428. The largest absolute Gasteiger partial charge is 0.496 e. The molecule has 7 heteroatoms. The lowest BCUT2D eigenvalue weighted by Gasteiger charge is -2.18. The van der Waals surface area contributed by atoms with Gasteiger partial charge in [-0.15, -0.1) is 11.8 Å². The highest BCUT2D eigenvalue weighted by molar-refractivity contribution is 8.00. The summed E-state index contributed by atoms with van der Waals surface area (Å²) in [5, 5.41) is 4.73. The summed E-state index contributed by atoms with van der Waals surface area (Å²) in [6.07, 6.45) is 4.06. The fourth-order valence-corrected chi connectivity index (χ4v) is 3.68. The molecule has 1 fully saturated rings. The van der Waals surface area contributed by atoms with Crippen LogP contribution in [0.3, 0.4) is 0 Å². The van der Waals surface area contributed by atoms with Crippen LogP contribution < -0.4 is 15.1 Å². The van der Waals surface area contributed by atoms with Gasteiger partial charge in [-0.2, -0.15) is 5.10 Å². The predicted molar refractivity (Wildman–Crippen MR) is 112 cm³/mol. The fourth-order valence-electron chi connectivity index (χ4n) is 2.86. The van der Waals surface area contributed by atoms with Gasteiger partial charge in [0.25, 0.3) is 0 Å². The molecule has 2 aromatic rings. The number of ether oxygens (including phenoxy) is 1. The first-order valence-electron chi connectivity index (χ1n) is 8.79. The number of hydrogen-bond acceptors (Lipinski definition) is 5. The zero-order valence-corrected chi connectivity index (χ0v) is 16.7. The first-order valence-corrected chi connectivity index (χ1v) is 10.2. The van der Waals surface area contributed by atoms with Crippen molar-refractivity contribution in [3.05, 3.63) is 53.1 Å². The van der Waals surface area contributed by atoms with E-state index in [1.165, 1.54) is 24.6 Å². The van der Waals surface area contributed by atoms with Crippen molar-refractivity contribution in [3.63, 3.8) is 0 Å². The van der Waals surface area contributed by atoms with Gasteiger partial charge in [0.2, 0.25) is 5.91 Å². The van der Waals surface area contributed by atoms with Crippen LogP contribution in [0.5, 0.6) is 5.75 Å². The molecule has 1 aliphatic rings. The summed E-state index contributed by atoms with van der Waals surface area (Å²) in [6.45, 7) is 2.16. The number of carbonyl (C=O) groups is 1. The maximum Gasteiger partial charge on any atom is 0.250 e. The van der Waals surface area contributed by atoms with E-state index in [0.717, 1.165) is 35.0 Å². The number of amides is 1. The molecule has 0 atom stereocenters. The summed E-state index contributed by atoms with van der Waals surface area (Å²) in [5.41, 5.74) is 4.53. The monoisotopic (exact) mass is 403 g/mol. The summed E-state index contributed by atoms with van der Waals surface area (Å²) < 4.78 is 5.47. The molecule has 3 rings (SSSR count).